The average Bonchev–Trinajstić information content (AvgIpc) is 3.99. The number of furan rings is 1. The maximum atomic E-state index is 7.56. The molecule has 11 rings (SSSR count). The summed E-state index contributed by atoms with van der Waals surface area (Å²) in [6, 6.07) is 60.6. The zero-order valence-electron chi connectivity index (χ0n) is 45.8. The Morgan fingerprint density at radius 1 is 0.694 bits per heavy atom. The van der Waals surface area contributed by atoms with E-state index in [9.17, 15) is 0 Å². The number of para-hydroxylation sites is 2. The van der Waals surface area contributed by atoms with E-state index in [-0.39, 0.29) is 37.4 Å². The molecule has 5 nitrogen and oxygen atoms in total. The summed E-state index contributed by atoms with van der Waals surface area (Å²) in [7, 11) is -1.63. The minimum Gasteiger partial charge on any atom is -0.501 e. The Hall–Kier alpha value is -6.76. The van der Waals surface area contributed by atoms with Crippen LogP contribution in [-0.4, -0.2) is 27.6 Å². The van der Waals surface area contributed by atoms with Gasteiger partial charge in [0.25, 0.3) is 0 Å². The number of rotatable bonds is 9. The molecule has 0 unspecified atom stereocenters. The van der Waals surface area contributed by atoms with E-state index >= 15 is 0 Å². The normalized spacial score (nSPS) is 12.8. The largest absolute Gasteiger partial charge is 0.501 e. The monoisotopic (exact) mass is 1140 g/mol. The van der Waals surface area contributed by atoms with Gasteiger partial charge in [-0.25, -0.2) is 0 Å². The number of pyridine rings is 2. The van der Waals surface area contributed by atoms with Crippen molar-refractivity contribution in [2.24, 2.45) is 0 Å². The zero-order chi connectivity index (χ0) is 52.3. The van der Waals surface area contributed by atoms with E-state index in [2.05, 4.69) is 200 Å². The van der Waals surface area contributed by atoms with Crippen LogP contribution in [0.25, 0.3) is 83.3 Å². The minimum absolute atomic E-state index is 0. The van der Waals surface area contributed by atoms with Crippen molar-refractivity contribution in [3.8, 4) is 39.5 Å². The summed E-state index contributed by atoms with van der Waals surface area (Å²) in [5.74, 6) is 1.32. The topological polar surface area (TPSA) is 56.7 Å². The van der Waals surface area contributed by atoms with Crippen LogP contribution in [0.4, 0.5) is 0 Å². The van der Waals surface area contributed by atoms with Crippen molar-refractivity contribution < 1.29 is 28.6 Å². The summed E-state index contributed by atoms with van der Waals surface area (Å²) < 4.78 is 31.6. The molecule has 0 bridgehead atoms. The molecule has 7 heteroatoms. The van der Waals surface area contributed by atoms with Crippen molar-refractivity contribution in [1.82, 2.24) is 19.5 Å². The smallest absolute Gasteiger partial charge is 0.120 e. The van der Waals surface area contributed by atoms with Gasteiger partial charge in [0, 0.05) is 52.3 Å². The third kappa shape index (κ3) is 9.31. The maximum absolute atomic E-state index is 7.56. The van der Waals surface area contributed by atoms with Crippen molar-refractivity contribution in [2.45, 2.75) is 92.2 Å². The predicted molar refractivity (Wildman–Crippen MR) is 301 cm³/mol. The molecule has 1 radical (unpaired) electrons. The quantitative estimate of drug-likeness (QED) is 0.107. The van der Waals surface area contributed by atoms with Gasteiger partial charge in [-0.3, -0.25) is 9.97 Å². The number of nitrogens with zero attached hydrogens (tertiary/aromatic N) is 4. The molecule has 7 aromatic carbocycles. The van der Waals surface area contributed by atoms with Gasteiger partial charge in [-0.1, -0.05) is 182 Å². The number of benzene rings is 7. The van der Waals surface area contributed by atoms with Crippen molar-refractivity contribution >= 4 is 57.1 Å². The fraction of sp³-hybridized carbons (Fsp3) is 0.215. The molecular formula is C65H62IrN4OSi-2. The van der Waals surface area contributed by atoms with Crippen LogP contribution in [0.2, 0.25) is 19.6 Å². The molecule has 363 valence electrons. The van der Waals surface area contributed by atoms with Gasteiger partial charge in [0.05, 0.1) is 41.7 Å². The molecule has 0 aliphatic heterocycles. The molecule has 0 aliphatic rings. The summed E-state index contributed by atoms with van der Waals surface area (Å²) >= 11 is 0. The van der Waals surface area contributed by atoms with Gasteiger partial charge in [-0.2, -0.15) is 0 Å². The Morgan fingerprint density at radius 3 is 2.00 bits per heavy atom. The molecule has 11 aromatic rings. The number of imidazole rings is 1. The Kier molecular flexibility index (Phi) is 12.9. The van der Waals surface area contributed by atoms with E-state index in [0.29, 0.717) is 5.56 Å². The first-order chi connectivity index (χ1) is 35.3. The second-order valence-electron chi connectivity index (χ2n) is 20.9. The Bertz CT molecular complexity index is 3830. The predicted octanol–water partition coefficient (Wildman–Crippen LogP) is 16.9. The SMILES string of the molecule is Cc1nc2ccccc2c2c1nc(-c1[c-]ccc3c1oc1ccccc13)n2-c1c(C(C)C)cc(-c2ccccc2)cc1C(C)C.[2H]C([2H])([2H])c1c[c-]c(-c2cc(C(C)(C)c3ccccc3)c([Si](C)(C)C)cn2)cc1.[Ir]. The molecule has 0 spiro atoms. The van der Waals surface area contributed by atoms with Crippen molar-refractivity contribution in [2.75, 3.05) is 0 Å². The molecule has 0 amide bonds. The van der Waals surface area contributed by atoms with Crippen LogP contribution in [0, 0.1) is 25.9 Å². The van der Waals surface area contributed by atoms with E-state index in [4.69, 9.17) is 23.5 Å². The van der Waals surface area contributed by atoms with Gasteiger partial charge in [0.15, 0.2) is 0 Å². The third-order valence-corrected chi connectivity index (χ3v) is 16.0. The number of hydrogen-bond donors (Lipinski definition) is 0. The molecular weight excluding hydrogens is 1070 g/mol. The Morgan fingerprint density at radius 2 is 1.35 bits per heavy atom. The molecule has 4 aromatic heterocycles. The first kappa shape index (κ1) is 46.3. The second-order valence-corrected chi connectivity index (χ2v) is 25.9. The summed E-state index contributed by atoms with van der Waals surface area (Å²) in [6.45, 7) is 20.6. The Labute approximate surface area is 444 Å². The zero-order valence-corrected chi connectivity index (χ0v) is 46.2. The first-order valence-corrected chi connectivity index (χ1v) is 28.2. The van der Waals surface area contributed by atoms with Crippen LogP contribution in [0.1, 0.15) is 91.0 Å². The van der Waals surface area contributed by atoms with Crippen LogP contribution in [0.3, 0.4) is 0 Å². The van der Waals surface area contributed by atoms with E-state index in [1.807, 2.05) is 30.5 Å². The van der Waals surface area contributed by atoms with Gasteiger partial charge in [-0.15, -0.1) is 53.6 Å². The van der Waals surface area contributed by atoms with E-state index in [1.165, 1.54) is 44.3 Å². The second kappa shape index (κ2) is 20.0. The molecule has 0 aliphatic carbocycles. The van der Waals surface area contributed by atoms with Gasteiger partial charge >= 0.3 is 0 Å². The van der Waals surface area contributed by atoms with Crippen LogP contribution >= 0.6 is 0 Å². The summed E-state index contributed by atoms with van der Waals surface area (Å²) in [6.07, 6.45) is 2.02. The molecule has 0 saturated heterocycles. The standard InChI is InChI=1S/C41H34N3O.C24H28NSi.Ir/c1-24(2)33-22-28(27-14-7-6-8-15-27)23-34(25(3)4)38(33)44-39-31-17-9-11-20-35(31)42-26(5)37(39)43-41(44)32-19-13-18-30-29-16-10-12-21-36(29)45-40(30)32;1-18-12-14-19(15-13-18)22-16-21(23(17-25-22)26(4,5)6)24(2,3)20-10-8-7-9-11-20;/h6-18,20-25H,1-5H3;7-14,16-17H,1-6H3;/q2*-1;/i;1D3;. The number of fused-ring (bicyclic) bond motifs is 6. The fourth-order valence-electron chi connectivity index (χ4n) is 10.1. The van der Waals surface area contributed by atoms with E-state index in [0.717, 1.165) is 72.2 Å². The van der Waals surface area contributed by atoms with Crippen LogP contribution in [0.15, 0.2) is 168 Å². The number of aryl methyl sites for hydroxylation is 2. The molecule has 72 heavy (non-hydrogen) atoms. The van der Waals surface area contributed by atoms with Crippen LogP contribution in [-0.2, 0) is 25.5 Å². The molecule has 0 fully saturated rings. The third-order valence-electron chi connectivity index (χ3n) is 13.9. The van der Waals surface area contributed by atoms with Gasteiger partial charge in [-0.05, 0) is 87.3 Å². The summed E-state index contributed by atoms with van der Waals surface area (Å²) in [5.41, 5.74) is 16.8. The average molecular weight is 1140 g/mol. The number of aromatic nitrogens is 4. The van der Waals surface area contributed by atoms with Crippen molar-refractivity contribution in [1.29, 1.82) is 0 Å². The molecule has 0 atom stereocenters. The molecule has 0 N–H and O–H groups in total. The van der Waals surface area contributed by atoms with Crippen LogP contribution in [0.5, 0.6) is 0 Å². The van der Waals surface area contributed by atoms with Gasteiger partial charge < -0.3 is 14.0 Å². The molecule has 4 heterocycles. The van der Waals surface area contributed by atoms with Crippen molar-refractivity contribution in [3.63, 3.8) is 0 Å². The Balaban J connectivity index is 0.000000200. The van der Waals surface area contributed by atoms with Gasteiger partial charge in [0.2, 0.25) is 0 Å². The van der Waals surface area contributed by atoms with Crippen molar-refractivity contribution in [3.05, 3.63) is 210 Å². The maximum Gasteiger partial charge on any atom is 0.120 e. The van der Waals surface area contributed by atoms with E-state index < -0.39 is 14.9 Å². The molecule has 0 saturated carbocycles. The number of hydrogen-bond acceptors (Lipinski definition) is 4. The van der Waals surface area contributed by atoms with Gasteiger partial charge in [0.1, 0.15) is 5.58 Å². The first-order valence-electron chi connectivity index (χ1n) is 26.2. The van der Waals surface area contributed by atoms with E-state index in [1.54, 1.807) is 18.2 Å². The van der Waals surface area contributed by atoms with Crippen LogP contribution < -0.4 is 5.19 Å². The summed E-state index contributed by atoms with van der Waals surface area (Å²) in [5, 5.41) is 4.57. The summed E-state index contributed by atoms with van der Waals surface area (Å²) in [4.78, 5) is 15.2. The fourth-order valence-corrected chi connectivity index (χ4v) is 11.7. The minimum atomic E-state index is -2.12.